The minimum Gasteiger partial charge on any atom is -0.356 e. The zero-order valence-electron chi connectivity index (χ0n) is 16.6. The molecule has 0 N–H and O–H groups in total. The monoisotopic (exact) mass is 401 g/mol. The van der Waals surface area contributed by atoms with Crippen LogP contribution in [0.4, 0.5) is 11.6 Å². The highest BCUT2D eigenvalue weighted by Crippen LogP contribution is 2.17. The van der Waals surface area contributed by atoms with E-state index < -0.39 is 0 Å². The van der Waals surface area contributed by atoms with Gasteiger partial charge in [0, 0.05) is 50.7 Å². The van der Waals surface area contributed by atoms with Gasteiger partial charge in [0.2, 0.25) is 5.91 Å². The van der Waals surface area contributed by atoms with Crippen LogP contribution in [0.1, 0.15) is 25.8 Å². The van der Waals surface area contributed by atoms with E-state index in [0.717, 1.165) is 49.8 Å². The van der Waals surface area contributed by atoms with Crippen LogP contribution in [0.15, 0.2) is 36.4 Å². The number of carbonyl (C=O) groups excluding carboxylic acids is 1. The molecule has 28 heavy (non-hydrogen) atoms. The van der Waals surface area contributed by atoms with Gasteiger partial charge in [-0.15, -0.1) is 10.2 Å². The number of piperazine rings is 1. The molecular weight excluding hydrogens is 374 g/mol. The van der Waals surface area contributed by atoms with Crippen molar-refractivity contribution >= 4 is 29.1 Å². The largest absolute Gasteiger partial charge is 0.356 e. The molecule has 1 aliphatic heterocycles. The Morgan fingerprint density at radius 1 is 1.07 bits per heavy atom. The Labute approximate surface area is 172 Å². The predicted molar refractivity (Wildman–Crippen MR) is 114 cm³/mol. The molecule has 1 saturated heterocycles. The Hall–Kier alpha value is -2.34. The highest BCUT2D eigenvalue weighted by atomic mass is 35.5. The maximum atomic E-state index is 12.5. The first-order chi connectivity index (χ1) is 13.6. The zero-order chi connectivity index (χ0) is 19.9. The van der Waals surface area contributed by atoms with E-state index in [1.165, 1.54) is 0 Å². The quantitative estimate of drug-likeness (QED) is 0.712. The number of halogens is 1. The maximum absolute atomic E-state index is 12.5. The summed E-state index contributed by atoms with van der Waals surface area (Å²) in [5, 5.41) is 9.47. The second-order valence-electron chi connectivity index (χ2n) is 6.92. The summed E-state index contributed by atoms with van der Waals surface area (Å²) >= 11 is 6.01. The molecule has 150 valence electrons. The zero-order valence-corrected chi connectivity index (χ0v) is 17.4. The molecule has 0 saturated carbocycles. The lowest BCUT2D eigenvalue weighted by Crippen LogP contribution is -2.49. The number of anilines is 2. The number of carbonyl (C=O) groups is 1. The van der Waals surface area contributed by atoms with E-state index in [1.807, 2.05) is 41.3 Å². The molecule has 0 aliphatic carbocycles. The van der Waals surface area contributed by atoms with E-state index in [9.17, 15) is 4.79 Å². The Kier molecular flexibility index (Phi) is 7.09. The second-order valence-corrected chi connectivity index (χ2v) is 7.36. The lowest BCUT2D eigenvalue weighted by atomic mass is 10.1. The molecule has 7 heteroatoms. The summed E-state index contributed by atoms with van der Waals surface area (Å²) in [7, 11) is 0. The molecule has 1 aromatic carbocycles. The van der Waals surface area contributed by atoms with Crippen molar-refractivity contribution in [3.63, 3.8) is 0 Å². The molecule has 0 spiro atoms. The molecule has 3 rings (SSSR count). The molecule has 0 unspecified atom stereocenters. The van der Waals surface area contributed by atoms with Crippen molar-refractivity contribution in [2.24, 2.45) is 0 Å². The number of rotatable bonds is 7. The topological polar surface area (TPSA) is 52.6 Å². The summed E-state index contributed by atoms with van der Waals surface area (Å²) < 4.78 is 0. The van der Waals surface area contributed by atoms with Crippen LogP contribution in [-0.2, 0) is 11.2 Å². The molecule has 1 amide bonds. The van der Waals surface area contributed by atoms with Crippen LogP contribution in [0.2, 0.25) is 5.02 Å². The van der Waals surface area contributed by atoms with Crippen LogP contribution in [0, 0.1) is 0 Å². The Morgan fingerprint density at radius 3 is 2.43 bits per heavy atom. The molecule has 1 aliphatic rings. The molecule has 2 aromatic rings. The fraction of sp³-hybridized carbons (Fsp3) is 0.476. The number of aromatic nitrogens is 2. The van der Waals surface area contributed by atoms with Gasteiger partial charge in [-0.05, 0) is 50.1 Å². The normalized spacial score (nSPS) is 14.2. The van der Waals surface area contributed by atoms with Gasteiger partial charge in [-0.2, -0.15) is 0 Å². The summed E-state index contributed by atoms with van der Waals surface area (Å²) in [5.41, 5.74) is 1.10. The van der Waals surface area contributed by atoms with Crippen molar-refractivity contribution in [2.45, 2.75) is 26.7 Å². The molecule has 0 atom stereocenters. The number of nitrogens with zero attached hydrogens (tertiary/aromatic N) is 5. The molecule has 1 aromatic heterocycles. The van der Waals surface area contributed by atoms with Gasteiger partial charge in [0.1, 0.15) is 0 Å². The van der Waals surface area contributed by atoms with Gasteiger partial charge >= 0.3 is 0 Å². The SMILES string of the molecule is CCN(CC)c1ccc(N2CCN(C(=O)CCc3cccc(Cl)c3)CC2)nn1. The Balaban J connectivity index is 1.49. The van der Waals surface area contributed by atoms with Crippen LogP contribution in [0.5, 0.6) is 0 Å². The number of amides is 1. The summed E-state index contributed by atoms with van der Waals surface area (Å²) in [5.74, 6) is 1.98. The third kappa shape index (κ3) is 5.13. The third-order valence-electron chi connectivity index (χ3n) is 5.20. The van der Waals surface area contributed by atoms with E-state index in [-0.39, 0.29) is 5.91 Å². The lowest BCUT2D eigenvalue weighted by Gasteiger charge is -2.35. The average Bonchev–Trinajstić information content (AvgIpc) is 2.74. The Morgan fingerprint density at radius 2 is 1.82 bits per heavy atom. The van der Waals surface area contributed by atoms with E-state index in [1.54, 1.807) is 0 Å². The van der Waals surface area contributed by atoms with E-state index >= 15 is 0 Å². The van der Waals surface area contributed by atoms with Crippen LogP contribution in [-0.4, -0.2) is 60.3 Å². The van der Waals surface area contributed by atoms with Crippen molar-refractivity contribution in [1.29, 1.82) is 0 Å². The highest BCUT2D eigenvalue weighted by Gasteiger charge is 2.22. The van der Waals surface area contributed by atoms with Gasteiger partial charge < -0.3 is 14.7 Å². The van der Waals surface area contributed by atoms with Gasteiger partial charge in [-0.3, -0.25) is 4.79 Å². The number of aryl methyl sites for hydroxylation is 1. The van der Waals surface area contributed by atoms with Gasteiger partial charge in [0.25, 0.3) is 0 Å². The van der Waals surface area contributed by atoms with Crippen molar-refractivity contribution in [3.05, 3.63) is 47.0 Å². The smallest absolute Gasteiger partial charge is 0.223 e. The molecule has 2 heterocycles. The molecule has 1 fully saturated rings. The third-order valence-corrected chi connectivity index (χ3v) is 5.43. The van der Waals surface area contributed by atoms with Crippen LogP contribution < -0.4 is 9.80 Å². The van der Waals surface area contributed by atoms with Crippen LogP contribution in [0.25, 0.3) is 0 Å². The van der Waals surface area contributed by atoms with Crippen molar-refractivity contribution < 1.29 is 4.79 Å². The Bertz CT molecular complexity index is 771. The van der Waals surface area contributed by atoms with E-state index in [4.69, 9.17) is 11.6 Å². The van der Waals surface area contributed by atoms with E-state index in [0.29, 0.717) is 24.5 Å². The minimum atomic E-state index is 0.197. The predicted octanol–water partition coefficient (Wildman–Crippen LogP) is 3.26. The van der Waals surface area contributed by atoms with Gasteiger partial charge in [0.15, 0.2) is 11.6 Å². The fourth-order valence-electron chi connectivity index (χ4n) is 3.49. The standard InChI is InChI=1S/C21H28ClN5O/c1-3-25(4-2)19-9-10-20(24-23-19)26-12-14-27(15-13-26)21(28)11-8-17-6-5-7-18(22)16-17/h5-7,9-10,16H,3-4,8,11-15H2,1-2H3. The maximum Gasteiger partial charge on any atom is 0.223 e. The first kappa shape index (κ1) is 20.4. The van der Waals surface area contributed by atoms with Crippen molar-refractivity contribution in [1.82, 2.24) is 15.1 Å². The summed E-state index contributed by atoms with van der Waals surface area (Å²) in [6, 6.07) is 11.8. The molecule has 0 bridgehead atoms. The summed E-state index contributed by atoms with van der Waals surface area (Å²) in [6.07, 6.45) is 1.23. The highest BCUT2D eigenvalue weighted by molar-refractivity contribution is 6.30. The molecular formula is C21H28ClN5O. The van der Waals surface area contributed by atoms with Crippen molar-refractivity contribution in [2.75, 3.05) is 49.1 Å². The number of hydrogen-bond acceptors (Lipinski definition) is 5. The number of hydrogen-bond donors (Lipinski definition) is 0. The average molecular weight is 402 g/mol. The van der Waals surface area contributed by atoms with Crippen LogP contribution in [0.3, 0.4) is 0 Å². The van der Waals surface area contributed by atoms with E-state index in [2.05, 4.69) is 33.8 Å². The van der Waals surface area contributed by atoms with Gasteiger partial charge in [0.05, 0.1) is 0 Å². The minimum absolute atomic E-state index is 0.197. The lowest BCUT2D eigenvalue weighted by molar-refractivity contribution is -0.131. The van der Waals surface area contributed by atoms with Crippen LogP contribution >= 0.6 is 11.6 Å². The molecule has 0 radical (unpaired) electrons. The first-order valence-electron chi connectivity index (χ1n) is 9.96. The molecule has 6 nitrogen and oxygen atoms in total. The number of benzene rings is 1. The second kappa shape index (κ2) is 9.73. The van der Waals surface area contributed by atoms with Gasteiger partial charge in [-0.25, -0.2) is 0 Å². The van der Waals surface area contributed by atoms with Gasteiger partial charge in [-0.1, -0.05) is 23.7 Å². The van der Waals surface area contributed by atoms with Crippen molar-refractivity contribution in [3.8, 4) is 0 Å². The summed E-state index contributed by atoms with van der Waals surface area (Å²) in [6.45, 7) is 9.05. The summed E-state index contributed by atoms with van der Waals surface area (Å²) in [4.78, 5) is 18.8. The fourth-order valence-corrected chi connectivity index (χ4v) is 3.70. The first-order valence-corrected chi connectivity index (χ1v) is 10.3.